The van der Waals surface area contributed by atoms with E-state index in [0.29, 0.717) is 11.9 Å². The van der Waals surface area contributed by atoms with Crippen LogP contribution in [0.1, 0.15) is 80.4 Å². The molecular weight excluding hydrogens is 495 g/mol. The van der Waals surface area contributed by atoms with E-state index in [1.807, 2.05) is 6.20 Å². The number of carbonyl (C=O) groups is 1. The number of aliphatic hydroxyl groups excluding tert-OH is 1. The van der Waals surface area contributed by atoms with Gasteiger partial charge in [-0.25, -0.2) is 18.2 Å². The predicted octanol–water partition coefficient (Wildman–Crippen LogP) is 5.16. The van der Waals surface area contributed by atoms with Gasteiger partial charge < -0.3 is 20.5 Å². The third-order valence-electron chi connectivity index (χ3n) is 7.25. The molecule has 1 saturated carbocycles. The average Bonchev–Trinajstić information content (AvgIpc) is 2.83. The number of nitrogens with one attached hydrogen (secondary N) is 2. The van der Waals surface area contributed by atoms with Crippen molar-refractivity contribution in [2.24, 2.45) is 5.41 Å². The lowest BCUT2D eigenvalue weighted by Crippen LogP contribution is -2.52. The summed E-state index contributed by atoms with van der Waals surface area (Å²) in [7, 11) is 0. The monoisotopic (exact) mass is 531 g/mol. The highest BCUT2D eigenvalue weighted by molar-refractivity contribution is 5.94. The number of aromatic nitrogens is 1. The third-order valence-corrected chi connectivity index (χ3v) is 7.25. The van der Waals surface area contributed by atoms with E-state index in [9.17, 15) is 23.1 Å². The van der Waals surface area contributed by atoms with E-state index < -0.39 is 41.1 Å². The van der Waals surface area contributed by atoms with Crippen LogP contribution in [-0.4, -0.2) is 40.3 Å². The minimum Gasteiger partial charge on any atom is -0.471 e. The molecule has 6 nitrogen and oxygen atoms in total. The molecule has 9 heteroatoms. The van der Waals surface area contributed by atoms with Gasteiger partial charge in [-0.3, -0.25) is 4.79 Å². The molecule has 0 bridgehead atoms. The van der Waals surface area contributed by atoms with Gasteiger partial charge in [0.05, 0.1) is 17.7 Å². The zero-order chi connectivity index (χ0) is 27.7. The van der Waals surface area contributed by atoms with Crippen molar-refractivity contribution in [1.82, 2.24) is 15.6 Å². The zero-order valence-electron chi connectivity index (χ0n) is 22.1. The van der Waals surface area contributed by atoms with Crippen LogP contribution in [0.15, 0.2) is 37.1 Å². The lowest BCUT2D eigenvalue weighted by atomic mass is 9.73. The number of fused-ring (bicyclic) bond motifs is 1. The highest BCUT2D eigenvalue weighted by atomic mass is 19.2. The van der Waals surface area contributed by atoms with Crippen LogP contribution in [-0.2, 0) is 6.42 Å². The average molecular weight is 532 g/mol. The maximum Gasteiger partial charge on any atom is 0.254 e. The van der Waals surface area contributed by atoms with Gasteiger partial charge in [-0.05, 0) is 61.3 Å². The van der Waals surface area contributed by atoms with Crippen molar-refractivity contribution in [2.75, 3.05) is 6.54 Å². The number of aliphatic hydroxyl groups is 1. The van der Waals surface area contributed by atoms with Gasteiger partial charge in [0, 0.05) is 30.8 Å². The maximum atomic E-state index is 14.1. The van der Waals surface area contributed by atoms with Crippen molar-refractivity contribution in [3.8, 4) is 5.88 Å². The van der Waals surface area contributed by atoms with Crippen molar-refractivity contribution >= 4 is 5.91 Å². The molecule has 1 fully saturated rings. The number of nitrogens with zero attached hydrogens (tertiary/aromatic N) is 1. The van der Waals surface area contributed by atoms with Crippen molar-refractivity contribution < 1.29 is 27.8 Å². The van der Waals surface area contributed by atoms with Crippen LogP contribution < -0.4 is 15.4 Å². The minimum atomic E-state index is -1.72. The number of ether oxygens (including phenoxy) is 1. The van der Waals surface area contributed by atoms with Crippen LogP contribution in [0, 0.1) is 22.9 Å². The molecule has 1 spiro atoms. The third kappa shape index (κ3) is 6.21. The molecule has 1 aromatic heterocycles. The second-order valence-electron chi connectivity index (χ2n) is 11.7. The maximum absolute atomic E-state index is 14.1. The van der Waals surface area contributed by atoms with Crippen LogP contribution in [0.4, 0.5) is 13.2 Å². The molecule has 1 aliphatic heterocycles. The van der Waals surface area contributed by atoms with Crippen LogP contribution in [0.2, 0.25) is 0 Å². The van der Waals surface area contributed by atoms with E-state index in [4.69, 9.17) is 4.74 Å². The highest BCUT2D eigenvalue weighted by Crippen LogP contribution is 2.48. The molecule has 206 valence electrons. The van der Waals surface area contributed by atoms with Gasteiger partial charge in [0.15, 0.2) is 17.5 Å². The van der Waals surface area contributed by atoms with E-state index in [1.54, 1.807) is 0 Å². The number of halogens is 3. The lowest BCUT2D eigenvalue weighted by molar-refractivity contribution is -0.0420. The number of benzene rings is 1. The Kier molecular flexibility index (Phi) is 8.18. The molecule has 38 heavy (non-hydrogen) atoms. The first kappa shape index (κ1) is 28.1. The summed E-state index contributed by atoms with van der Waals surface area (Å²) in [4.78, 5) is 17.3. The largest absolute Gasteiger partial charge is 0.471 e. The van der Waals surface area contributed by atoms with E-state index in [1.165, 1.54) is 6.08 Å². The molecule has 2 aromatic rings. The first-order valence-electron chi connectivity index (χ1n) is 13.1. The van der Waals surface area contributed by atoms with Gasteiger partial charge in [-0.2, -0.15) is 0 Å². The summed E-state index contributed by atoms with van der Waals surface area (Å²) in [5.41, 5.74) is 1.21. The minimum absolute atomic E-state index is 0.0861. The molecule has 2 heterocycles. The van der Waals surface area contributed by atoms with Gasteiger partial charge in [0.2, 0.25) is 5.88 Å². The van der Waals surface area contributed by atoms with Crippen molar-refractivity contribution in [3.05, 3.63) is 71.2 Å². The second-order valence-corrected chi connectivity index (χ2v) is 11.7. The summed E-state index contributed by atoms with van der Waals surface area (Å²) in [5.74, 6) is -5.02. The van der Waals surface area contributed by atoms with Gasteiger partial charge >= 0.3 is 0 Å². The Morgan fingerprint density at radius 2 is 2.03 bits per heavy atom. The fourth-order valence-electron chi connectivity index (χ4n) is 5.19. The molecule has 2 aliphatic rings. The highest BCUT2D eigenvalue weighted by Gasteiger charge is 2.46. The molecule has 1 amide bonds. The van der Waals surface area contributed by atoms with Gasteiger partial charge in [-0.15, -0.1) is 6.58 Å². The first-order valence-corrected chi connectivity index (χ1v) is 13.1. The topological polar surface area (TPSA) is 83.5 Å². The van der Waals surface area contributed by atoms with Crippen molar-refractivity contribution in [3.63, 3.8) is 0 Å². The van der Waals surface area contributed by atoms with Gasteiger partial charge in [0.1, 0.15) is 5.60 Å². The van der Waals surface area contributed by atoms with E-state index in [0.717, 1.165) is 49.3 Å². The molecule has 4 rings (SSSR count). The quantitative estimate of drug-likeness (QED) is 0.308. The number of amides is 1. The summed E-state index contributed by atoms with van der Waals surface area (Å²) in [6, 6.07) is 2.72. The van der Waals surface area contributed by atoms with E-state index in [2.05, 4.69) is 49.0 Å². The summed E-state index contributed by atoms with van der Waals surface area (Å²) >= 11 is 0. The van der Waals surface area contributed by atoms with Crippen LogP contribution in [0.3, 0.4) is 0 Å². The molecular formula is C29H36F3N3O3. The fourth-order valence-corrected chi connectivity index (χ4v) is 5.19. The number of hydrogen-bond donors (Lipinski definition) is 3. The van der Waals surface area contributed by atoms with Crippen LogP contribution >= 0.6 is 0 Å². The van der Waals surface area contributed by atoms with Crippen LogP contribution in [0.25, 0.3) is 0 Å². The summed E-state index contributed by atoms with van der Waals surface area (Å²) in [6.07, 6.45) is 7.03. The van der Waals surface area contributed by atoms with Gasteiger partial charge in [0.25, 0.3) is 5.91 Å². The van der Waals surface area contributed by atoms with E-state index in [-0.39, 0.29) is 30.0 Å². The number of carbonyl (C=O) groups excluding carboxylic acids is 1. The molecule has 0 saturated heterocycles. The number of rotatable bonds is 9. The Hall–Kier alpha value is -2.91. The Morgan fingerprint density at radius 1 is 1.29 bits per heavy atom. The second kappa shape index (κ2) is 11.1. The summed E-state index contributed by atoms with van der Waals surface area (Å²) in [5, 5.41) is 17.0. The van der Waals surface area contributed by atoms with Crippen LogP contribution in [0.5, 0.6) is 5.88 Å². The van der Waals surface area contributed by atoms with Gasteiger partial charge in [-0.1, -0.05) is 26.8 Å². The normalized spacial score (nSPS) is 19.6. The SMILES string of the molecule is C=CC[C@H](NC(=O)c1ccc(F)c(F)c1F)[C@H](O)CN[C@H]1CC2(CCC2)Oc2ncc(CC(C)(C)C)cc21. The summed E-state index contributed by atoms with van der Waals surface area (Å²) < 4.78 is 47.4. The smallest absolute Gasteiger partial charge is 0.254 e. The van der Waals surface area contributed by atoms with Crippen molar-refractivity contribution in [1.29, 1.82) is 0 Å². The molecule has 1 aromatic carbocycles. The zero-order valence-corrected chi connectivity index (χ0v) is 22.1. The van der Waals surface area contributed by atoms with Crippen molar-refractivity contribution in [2.45, 2.75) is 83.1 Å². The predicted molar refractivity (Wildman–Crippen MR) is 138 cm³/mol. The standard InChI is InChI=1S/C29H36F3N3O3/c1-5-7-21(35-26(37)18-8-9-20(30)25(32)24(18)31)23(36)16-33-22-14-29(10-6-11-29)38-27-19(22)12-17(15-34-27)13-28(2,3)4/h5,8-9,12,15,21-23,33,36H,1,6-7,10-11,13-14,16H2,2-4H3,(H,35,37)/t21-,22-,23+/m0/s1. The summed E-state index contributed by atoms with van der Waals surface area (Å²) in [6.45, 7) is 10.3. The number of pyridine rings is 1. The Balaban J connectivity index is 1.49. The van der Waals surface area contributed by atoms with E-state index >= 15 is 0 Å². The Morgan fingerprint density at radius 3 is 2.66 bits per heavy atom. The Labute approximate surface area is 221 Å². The molecule has 3 atom stereocenters. The Bertz CT molecular complexity index is 1190. The molecule has 1 aliphatic carbocycles. The first-order chi connectivity index (χ1) is 17.9. The molecule has 0 radical (unpaired) electrons. The number of hydrogen-bond acceptors (Lipinski definition) is 5. The molecule has 0 unspecified atom stereocenters. The lowest BCUT2D eigenvalue weighted by Gasteiger charge is -2.47. The molecule has 3 N–H and O–H groups in total. The fraction of sp³-hybridized carbons (Fsp3) is 0.517.